The Hall–Kier alpha value is -1.75. The van der Waals surface area contributed by atoms with Gasteiger partial charge in [0.1, 0.15) is 0 Å². The summed E-state index contributed by atoms with van der Waals surface area (Å²) < 4.78 is 17.1. The minimum Gasteiger partial charge on any atom is -0.454 e. The number of rotatable bonds is 3. The number of benzene rings is 1. The summed E-state index contributed by atoms with van der Waals surface area (Å²) >= 11 is 0. The molecular formula is C17H23NO4. The van der Waals surface area contributed by atoms with Crippen molar-refractivity contribution >= 4 is 5.91 Å². The van der Waals surface area contributed by atoms with Crippen LogP contribution in [0.3, 0.4) is 0 Å². The summed E-state index contributed by atoms with van der Waals surface area (Å²) in [5, 5.41) is 3.04. The maximum absolute atomic E-state index is 11.4. The van der Waals surface area contributed by atoms with Gasteiger partial charge in [0.15, 0.2) is 11.5 Å². The molecule has 3 atom stereocenters. The summed E-state index contributed by atoms with van der Waals surface area (Å²) in [5.74, 6) is 1.59. The Kier molecular flexibility index (Phi) is 4.25. The lowest BCUT2D eigenvalue weighted by molar-refractivity contribution is -0.122. The standard InChI is InChI=1S/C17H23NO4/c1-4-13-6-12(18-11(3)19)7-15(22-13)14-8-17-16(5-10(14)2)20-9-21-17/h5,8,12-13,15H,4,6-7,9H2,1-3H3,(H,18,19)/t12-,13+,15+/m1/s1. The maximum atomic E-state index is 11.4. The minimum absolute atomic E-state index is 0.0166. The first-order valence-corrected chi connectivity index (χ1v) is 7.89. The zero-order chi connectivity index (χ0) is 15.7. The number of carbonyl (C=O) groups is 1. The topological polar surface area (TPSA) is 56.8 Å². The molecular weight excluding hydrogens is 282 g/mol. The van der Waals surface area contributed by atoms with Gasteiger partial charge in [0.05, 0.1) is 12.2 Å². The molecule has 120 valence electrons. The smallest absolute Gasteiger partial charge is 0.231 e. The predicted molar refractivity (Wildman–Crippen MR) is 82.0 cm³/mol. The number of hydrogen-bond donors (Lipinski definition) is 1. The molecule has 1 aromatic rings. The van der Waals surface area contributed by atoms with Crippen LogP contribution in [0.1, 0.15) is 50.3 Å². The van der Waals surface area contributed by atoms with Gasteiger partial charge in [-0.25, -0.2) is 0 Å². The van der Waals surface area contributed by atoms with Gasteiger partial charge in [0.25, 0.3) is 0 Å². The van der Waals surface area contributed by atoms with Gasteiger partial charge in [-0.1, -0.05) is 6.92 Å². The van der Waals surface area contributed by atoms with Crippen molar-refractivity contribution in [3.8, 4) is 11.5 Å². The van der Waals surface area contributed by atoms with E-state index in [9.17, 15) is 4.79 Å². The number of ether oxygens (including phenoxy) is 3. The number of fused-ring (bicyclic) bond motifs is 1. The van der Waals surface area contributed by atoms with Crippen LogP contribution in [0.25, 0.3) is 0 Å². The van der Waals surface area contributed by atoms with Crippen LogP contribution in [0, 0.1) is 6.92 Å². The molecule has 5 heteroatoms. The van der Waals surface area contributed by atoms with Gasteiger partial charge in [0, 0.05) is 13.0 Å². The van der Waals surface area contributed by atoms with E-state index in [4.69, 9.17) is 14.2 Å². The summed E-state index contributed by atoms with van der Waals surface area (Å²) in [6.07, 6.45) is 2.74. The van der Waals surface area contributed by atoms with Crippen molar-refractivity contribution in [2.75, 3.05) is 6.79 Å². The highest BCUT2D eigenvalue weighted by Crippen LogP contribution is 2.40. The van der Waals surface area contributed by atoms with Crippen molar-refractivity contribution in [1.29, 1.82) is 0 Å². The molecule has 2 aliphatic rings. The number of aryl methyl sites for hydroxylation is 1. The highest BCUT2D eigenvalue weighted by atomic mass is 16.7. The molecule has 1 aromatic carbocycles. The fourth-order valence-corrected chi connectivity index (χ4v) is 3.29. The third-order valence-electron chi connectivity index (χ3n) is 4.37. The van der Waals surface area contributed by atoms with Crippen LogP contribution in [0.4, 0.5) is 0 Å². The Labute approximate surface area is 130 Å². The van der Waals surface area contributed by atoms with Crippen molar-refractivity contribution < 1.29 is 19.0 Å². The van der Waals surface area contributed by atoms with Gasteiger partial charge in [-0.3, -0.25) is 4.79 Å². The molecule has 2 heterocycles. The first-order valence-electron chi connectivity index (χ1n) is 7.89. The largest absolute Gasteiger partial charge is 0.454 e. The average molecular weight is 305 g/mol. The third-order valence-corrected chi connectivity index (χ3v) is 4.37. The van der Waals surface area contributed by atoms with Gasteiger partial charge >= 0.3 is 0 Å². The number of hydrogen-bond acceptors (Lipinski definition) is 4. The maximum Gasteiger partial charge on any atom is 0.231 e. The quantitative estimate of drug-likeness (QED) is 0.933. The van der Waals surface area contributed by atoms with Crippen LogP contribution in [0.5, 0.6) is 11.5 Å². The molecule has 22 heavy (non-hydrogen) atoms. The fraction of sp³-hybridized carbons (Fsp3) is 0.588. The third kappa shape index (κ3) is 3.04. The second kappa shape index (κ2) is 6.16. The molecule has 2 aliphatic heterocycles. The number of nitrogens with one attached hydrogen (secondary N) is 1. The molecule has 1 amide bonds. The van der Waals surface area contributed by atoms with Crippen LogP contribution >= 0.6 is 0 Å². The van der Waals surface area contributed by atoms with E-state index >= 15 is 0 Å². The van der Waals surface area contributed by atoms with Crippen LogP contribution < -0.4 is 14.8 Å². The van der Waals surface area contributed by atoms with E-state index in [0.717, 1.165) is 41.9 Å². The predicted octanol–water partition coefficient (Wildman–Crippen LogP) is 2.86. The molecule has 0 saturated carbocycles. The molecule has 1 fully saturated rings. The van der Waals surface area contributed by atoms with Crippen molar-refractivity contribution in [3.05, 3.63) is 23.3 Å². The molecule has 0 radical (unpaired) electrons. The number of carbonyl (C=O) groups excluding carboxylic acids is 1. The molecule has 5 nitrogen and oxygen atoms in total. The molecule has 1 N–H and O–H groups in total. The van der Waals surface area contributed by atoms with E-state index in [0.29, 0.717) is 0 Å². The Morgan fingerprint density at radius 3 is 2.68 bits per heavy atom. The Balaban J connectivity index is 1.84. The second-order valence-corrected chi connectivity index (χ2v) is 6.09. The highest BCUT2D eigenvalue weighted by Gasteiger charge is 2.32. The zero-order valence-electron chi connectivity index (χ0n) is 13.3. The molecule has 1 saturated heterocycles. The summed E-state index contributed by atoms with van der Waals surface area (Å²) in [5.41, 5.74) is 2.25. The van der Waals surface area contributed by atoms with E-state index in [-0.39, 0.29) is 30.9 Å². The SMILES string of the molecule is CC[C@H]1C[C@@H](NC(C)=O)C[C@@H](c2cc3c(cc2C)OCO3)O1. The molecule has 0 aromatic heterocycles. The molecule has 0 aliphatic carbocycles. The lowest BCUT2D eigenvalue weighted by Gasteiger charge is -2.36. The van der Waals surface area contributed by atoms with Gasteiger partial charge < -0.3 is 19.5 Å². The molecule has 0 bridgehead atoms. The summed E-state index contributed by atoms with van der Waals surface area (Å²) in [6, 6.07) is 4.18. The van der Waals surface area contributed by atoms with Crippen molar-refractivity contribution in [2.45, 2.75) is 58.3 Å². The Morgan fingerprint density at radius 2 is 2.00 bits per heavy atom. The molecule has 3 rings (SSSR count). The van der Waals surface area contributed by atoms with Crippen molar-refractivity contribution in [1.82, 2.24) is 5.32 Å². The van der Waals surface area contributed by atoms with E-state index in [2.05, 4.69) is 19.2 Å². The van der Waals surface area contributed by atoms with Crippen LogP contribution in [0.15, 0.2) is 12.1 Å². The van der Waals surface area contributed by atoms with E-state index in [1.807, 2.05) is 12.1 Å². The van der Waals surface area contributed by atoms with Crippen LogP contribution in [0.2, 0.25) is 0 Å². The summed E-state index contributed by atoms with van der Waals surface area (Å²) in [4.78, 5) is 11.4. The molecule has 0 spiro atoms. The van der Waals surface area contributed by atoms with Gasteiger partial charge in [-0.2, -0.15) is 0 Å². The van der Waals surface area contributed by atoms with Gasteiger partial charge in [-0.05, 0) is 49.4 Å². The molecule has 0 unspecified atom stereocenters. The van der Waals surface area contributed by atoms with E-state index < -0.39 is 0 Å². The Bertz CT molecular complexity index is 572. The number of amides is 1. The van der Waals surface area contributed by atoms with E-state index in [1.165, 1.54) is 0 Å². The first kappa shape index (κ1) is 15.2. The summed E-state index contributed by atoms with van der Waals surface area (Å²) in [7, 11) is 0. The fourth-order valence-electron chi connectivity index (χ4n) is 3.29. The normalized spacial score (nSPS) is 26.8. The first-order chi connectivity index (χ1) is 10.6. The monoisotopic (exact) mass is 305 g/mol. The zero-order valence-corrected chi connectivity index (χ0v) is 13.3. The average Bonchev–Trinajstić information content (AvgIpc) is 2.92. The van der Waals surface area contributed by atoms with E-state index in [1.54, 1.807) is 6.92 Å². The van der Waals surface area contributed by atoms with Gasteiger partial charge in [-0.15, -0.1) is 0 Å². The van der Waals surface area contributed by atoms with Crippen LogP contribution in [-0.4, -0.2) is 24.8 Å². The van der Waals surface area contributed by atoms with Crippen molar-refractivity contribution in [3.63, 3.8) is 0 Å². The lowest BCUT2D eigenvalue weighted by atomic mass is 9.91. The van der Waals surface area contributed by atoms with Gasteiger partial charge in [0.2, 0.25) is 12.7 Å². The van der Waals surface area contributed by atoms with Crippen LogP contribution in [-0.2, 0) is 9.53 Å². The lowest BCUT2D eigenvalue weighted by Crippen LogP contribution is -2.42. The van der Waals surface area contributed by atoms with Crippen molar-refractivity contribution in [2.24, 2.45) is 0 Å². The minimum atomic E-state index is -0.0231. The Morgan fingerprint density at radius 1 is 1.27 bits per heavy atom. The highest BCUT2D eigenvalue weighted by molar-refractivity contribution is 5.73. The summed E-state index contributed by atoms with van der Waals surface area (Å²) in [6.45, 7) is 6.01. The second-order valence-electron chi connectivity index (χ2n) is 6.09.